The largest absolute Gasteiger partial charge is 0.393 e. The second-order valence-electron chi connectivity index (χ2n) is 4.05. The van der Waals surface area contributed by atoms with Crippen LogP contribution in [0.1, 0.15) is 18.5 Å². The number of aromatic nitrogens is 2. The average Bonchev–Trinajstić information content (AvgIpc) is 2.29. The van der Waals surface area contributed by atoms with Gasteiger partial charge in [-0.15, -0.1) is 0 Å². The molecule has 1 aliphatic rings. The van der Waals surface area contributed by atoms with Crippen molar-refractivity contribution < 1.29 is 5.11 Å². The zero-order valence-corrected chi connectivity index (χ0v) is 10.5. The smallest absolute Gasteiger partial charge is 0.227 e. The number of hydrogen-bond acceptors (Lipinski definition) is 5. The first-order valence-electron chi connectivity index (χ1n) is 5.44. The van der Waals surface area contributed by atoms with Crippen LogP contribution in [0, 0.1) is 6.92 Å². The maximum atomic E-state index is 9.45. The van der Waals surface area contributed by atoms with E-state index in [1.807, 2.05) is 13.0 Å². The summed E-state index contributed by atoms with van der Waals surface area (Å²) in [5, 5.41) is 12.3. The molecule has 88 valence electrons. The van der Waals surface area contributed by atoms with Crippen molar-refractivity contribution >= 4 is 21.2 Å². The van der Waals surface area contributed by atoms with E-state index < -0.39 is 0 Å². The summed E-state index contributed by atoms with van der Waals surface area (Å²) in [4.78, 5) is 10.8. The highest BCUT2D eigenvalue weighted by molar-refractivity contribution is 7.18. The Morgan fingerprint density at radius 3 is 2.75 bits per heavy atom. The minimum Gasteiger partial charge on any atom is -0.393 e. The predicted octanol–water partition coefficient (Wildman–Crippen LogP) is 0.948. The van der Waals surface area contributed by atoms with Crippen molar-refractivity contribution in [2.75, 3.05) is 23.1 Å². The molecule has 2 heterocycles. The Labute approximate surface area is 97.5 Å². The second kappa shape index (κ2) is 4.93. The van der Waals surface area contributed by atoms with Crippen LogP contribution in [0.15, 0.2) is 6.07 Å². The Bertz CT molecular complexity index is 366. The second-order valence-corrected chi connectivity index (χ2v) is 4.34. The molecule has 2 rings (SSSR count). The zero-order valence-electron chi connectivity index (χ0n) is 9.35. The third-order valence-corrected chi connectivity index (χ3v) is 3.02. The van der Waals surface area contributed by atoms with Gasteiger partial charge in [-0.2, -0.15) is 4.98 Å². The molecule has 1 unspecified atom stereocenters. The van der Waals surface area contributed by atoms with Crippen LogP contribution in [-0.4, -0.2) is 34.3 Å². The molecule has 0 bridgehead atoms. The van der Waals surface area contributed by atoms with Crippen molar-refractivity contribution in [3.05, 3.63) is 11.8 Å². The molecule has 1 saturated heterocycles. The van der Waals surface area contributed by atoms with Gasteiger partial charge in [-0.25, -0.2) is 4.98 Å². The van der Waals surface area contributed by atoms with Crippen molar-refractivity contribution in [2.24, 2.45) is 0 Å². The third kappa shape index (κ3) is 2.60. The molecule has 1 fully saturated rings. The molecule has 1 aromatic heterocycles. The topological polar surface area (TPSA) is 61.3 Å². The molecule has 6 heteroatoms. The van der Waals surface area contributed by atoms with E-state index in [1.165, 1.54) is 0 Å². The highest BCUT2D eigenvalue weighted by atomic mass is 31.0. The zero-order chi connectivity index (χ0) is 11.5. The lowest BCUT2D eigenvalue weighted by atomic mass is 10.1. The Morgan fingerprint density at radius 1 is 1.44 bits per heavy atom. The lowest BCUT2D eigenvalue weighted by Crippen LogP contribution is -2.36. The highest BCUT2D eigenvalue weighted by Gasteiger charge is 2.18. The summed E-state index contributed by atoms with van der Waals surface area (Å²) in [5.41, 5.74) is 0.945. The number of aryl methyl sites for hydroxylation is 1. The van der Waals surface area contributed by atoms with Gasteiger partial charge < -0.3 is 15.1 Å². The standard InChI is InChI=1S/C10H17N4OP/c1-7-6-9(12-10(11-7)13-16)14-4-2-8(15)3-5-14/h6,8,15H,2-5,16H2,1H3,(H,11,12,13). The van der Waals surface area contributed by atoms with Gasteiger partial charge in [0.15, 0.2) is 0 Å². The molecule has 1 aliphatic heterocycles. The number of anilines is 2. The number of rotatable bonds is 2. The fourth-order valence-corrected chi connectivity index (χ4v) is 2.00. The van der Waals surface area contributed by atoms with Crippen LogP contribution in [0.5, 0.6) is 0 Å². The van der Waals surface area contributed by atoms with Gasteiger partial charge in [-0.3, -0.25) is 0 Å². The van der Waals surface area contributed by atoms with Crippen LogP contribution < -0.4 is 9.99 Å². The number of piperidine rings is 1. The third-order valence-electron chi connectivity index (χ3n) is 2.76. The molecule has 1 atom stereocenters. The average molecular weight is 240 g/mol. The normalized spacial score (nSPS) is 17.6. The molecule has 0 saturated carbocycles. The quantitative estimate of drug-likeness (QED) is 0.754. The first-order chi connectivity index (χ1) is 7.69. The molecule has 0 spiro atoms. The summed E-state index contributed by atoms with van der Waals surface area (Å²) in [7, 11) is 2.40. The number of aliphatic hydroxyl groups is 1. The van der Waals surface area contributed by atoms with E-state index >= 15 is 0 Å². The number of aliphatic hydroxyl groups excluding tert-OH is 1. The predicted molar refractivity (Wildman–Crippen MR) is 67.6 cm³/mol. The van der Waals surface area contributed by atoms with Crippen LogP contribution in [-0.2, 0) is 0 Å². The Kier molecular flexibility index (Phi) is 3.56. The summed E-state index contributed by atoms with van der Waals surface area (Å²) in [6.45, 7) is 3.66. The van der Waals surface area contributed by atoms with E-state index in [0.717, 1.165) is 37.4 Å². The van der Waals surface area contributed by atoms with E-state index in [1.54, 1.807) is 0 Å². The van der Waals surface area contributed by atoms with Crippen LogP contribution in [0.4, 0.5) is 11.8 Å². The molecule has 0 aromatic carbocycles. The summed E-state index contributed by atoms with van der Waals surface area (Å²) in [5.74, 6) is 1.55. The first kappa shape index (κ1) is 11.6. The van der Waals surface area contributed by atoms with Crippen molar-refractivity contribution in [1.29, 1.82) is 0 Å². The maximum absolute atomic E-state index is 9.45. The number of hydrogen-bond donors (Lipinski definition) is 2. The molecular formula is C10H17N4OP. The van der Waals surface area contributed by atoms with Gasteiger partial charge in [0.25, 0.3) is 0 Å². The molecule has 5 nitrogen and oxygen atoms in total. The lowest BCUT2D eigenvalue weighted by Gasteiger charge is -2.30. The molecule has 0 aliphatic carbocycles. The molecule has 1 aromatic rings. The van der Waals surface area contributed by atoms with Crippen LogP contribution in [0.25, 0.3) is 0 Å². The Hall–Kier alpha value is -0.930. The van der Waals surface area contributed by atoms with Crippen molar-refractivity contribution in [1.82, 2.24) is 9.97 Å². The first-order valence-corrected chi connectivity index (χ1v) is 6.02. The van der Waals surface area contributed by atoms with Crippen LogP contribution in [0.2, 0.25) is 0 Å². The monoisotopic (exact) mass is 240 g/mol. The van der Waals surface area contributed by atoms with E-state index in [2.05, 4.69) is 29.3 Å². The van der Waals surface area contributed by atoms with Crippen molar-refractivity contribution in [3.8, 4) is 0 Å². The van der Waals surface area contributed by atoms with Gasteiger partial charge in [0.2, 0.25) is 5.95 Å². The number of nitrogens with zero attached hydrogens (tertiary/aromatic N) is 3. The molecule has 0 radical (unpaired) electrons. The van der Waals surface area contributed by atoms with Crippen molar-refractivity contribution in [3.63, 3.8) is 0 Å². The van der Waals surface area contributed by atoms with E-state index in [4.69, 9.17) is 0 Å². The van der Waals surface area contributed by atoms with Gasteiger partial charge in [0.1, 0.15) is 5.82 Å². The summed E-state index contributed by atoms with van der Waals surface area (Å²) >= 11 is 0. The van der Waals surface area contributed by atoms with E-state index in [9.17, 15) is 5.11 Å². The van der Waals surface area contributed by atoms with Crippen LogP contribution >= 0.6 is 9.39 Å². The maximum Gasteiger partial charge on any atom is 0.227 e. The number of nitrogens with one attached hydrogen (secondary N) is 1. The van der Waals surface area contributed by atoms with Gasteiger partial charge in [-0.05, 0) is 29.2 Å². The molecule has 2 N–H and O–H groups in total. The Balaban J connectivity index is 2.16. The fourth-order valence-electron chi connectivity index (χ4n) is 1.87. The van der Waals surface area contributed by atoms with Gasteiger partial charge in [0.05, 0.1) is 6.10 Å². The fraction of sp³-hybridized carbons (Fsp3) is 0.600. The minimum absolute atomic E-state index is 0.154. The molecule has 0 amide bonds. The van der Waals surface area contributed by atoms with E-state index in [-0.39, 0.29) is 6.10 Å². The highest BCUT2D eigenvalue weighted by Crippen LogP contribution is 2.20. The van der Waals surface area contributed by atoms with Crippen LogP contribution in [0.3, 0.4) is 0 Å². The summed E-state index contributed by atoms with van der Waals surface area (Å²) < 4.78 is 0. The summed E-state index contributed by atoms with van der Waals surface area (Å²) in [6, 6.07) is 1.98. The lowest BCUT2D eigenvalue weighted by molar-refractivity contribution is 0.145. The van der Waals surface area contributed by atoms with Crippen molar-refractivity contribution in [2.45, 2.75) is 25.9 Å². The minimum atomic E-state index is -0.154. The van der Waals surface area contributed by atoms with Gasteiger partial charge >= 0.3 is 0 Å². The summed E-state index contributed by atoms with van der Waals surface area (Å²) in [6.07, 6.45) is 1.47. The molecule has 16 heavy (non-hydrogen) atoms. The SMILES string of the molecule is Cc1cc(N2CCC(O)CC2)nc(NP)n1. The van der Waals surface area contributed by atoms with Gasteiger partial charge in [-0.1, -0.05) is 0 Å². The Morgan fingerprint density at radius 2 is 2.12 bits per heavy atom. The van der Waals surface area contributed by atoms with Gasteiger partial charge in [0, 0.05) is 24.8 Å². The molecular weight excluding hydrogens is 223 g/mol. The van der Waals surface area contributed by atoms with E-state index in [0.29, 0.717) is 5.95 Å².